The molecular formula is C17H22N2O2. The zero-order chi connectivity index (χ0) is 15.2. The molecular weight excluding hydrogens is 264 g/mol. The lowest BCUT2D eigenvalue weighted by Crippen LogP contribution is -2.45. The van der Waals surface area contributed by atoms with Crippen LogP contribution in [-0.2, 0) is 16.1 Å². The van der Waals surface area contributed by atoms with Gasteiger partial charge < -0.3 is 15.4 Å². The third-order valence-corrected chi connectivity index (χ3v) is 3.54. The van der Waals surface area contributed by atoms with Crippen LogP contribution in [0.3, 0.4) is 0 Å². The van der Waals surface area contributed by atoms with Gasteiger partial charge in [-0.05, 0) is 29.3 Å². The fraction of sp³-hybridized carbons (Fsp3) is 0.353. The molecule has 0 aliphatic carbocycles. The number of carbonyl (C=O) groups is 1. The molecule has 2 aromatic rings. The monoisotopic (exact) mass is 286 g/mol. The molecule has 0 aromatic heterocycles. The first-order chi connectivity index (χ1) is 10.2. The van der Waals surface area contributed by atoms with E-state index in [9.17, 15) is 4.79 Å². The second-order valence-corrected chi connectivity index (χ2v) is 5.10. The average molecular weight is 286 g/mol. The Balaban J connectivity index is 2.14. The third-order valence-electron chi connectivity index (χ3n) is 3.54. The van der Waals surface area contributed by atoms with Gasteiger partial charge in [-0.15, -0.1) is 0 Å². The maximum absolute atomic E-state index is 12.3. The summed E-state index contributed by atoms with van der Waals surface area (Å²) in [4.78, 5) is 14.0. The Kier molecular flexibility index (Phi) is 5.31. The first kappa shape index (κ1) is 15.5. The molecule has 1 atom stereocenters. The van der Waals surface area contributed by atoms with Gasteiger partial charge in [0.15, 0.2) is 0 Å². The Labute approximate surface area is 125 Å². The molecule has 1 unspecified atom stereocenters. The minimum Gasteiger partial charge on any atom is -0.383 e. The molecule has 2 aromatic carbocycles. The van der Waals surface area contributed by atoms with Crippen LogP contribution in [0.15, 0.2) is 42.5 Å². The predicted octanol–water partition coefficient (Wildman–Crippen LogP) is 2.16. The second-order valence-electron chi connectivity index (χ2n) is 5.10. The summed E-state index contributed by atoms with van der Waals surface area (Å²) in [6.07, 6.45) is 0. The number of rotatable bonds is 6. The van der Waals surface area contributed by atoms with E-state index in [1.807, 2.05) is 19.1 Å². The lowest BCUT2D eigenvalue weighted by atomic mass is 10.1. The van der Waals surface area contributed by atoms with Gasteiger partial charge in [-0.2, -0.15) is 0 Å². The number of carbonyl (C=O) groups excluding carboxylic acids is 1. The van der Waals surface area contributed by atoms with Gasteiger partial charge in [0, 0.05) is 20.2 Å². The van der Waals surface area contributed by atoms with E-state index in [2.05, 4.69) is 30.3 Å². The van der Waals surface area contributed by atoms with E-state index < -0.39 is 6.04 Å². The van der Waals surface area contributed by atoms with E-state index in [4.69, 9.17) is 10.5 Å². The highest BCUT2D eigenvalue weighted by atomic mass is 16.5. The fourth-order valence-corrected chi connectivity index (χ4v) is 2.39. The topological polar surface area (TPSA) is 55.6 Å². The van der Waals surface area contributed by atoms with Gasteiger partial charge in [-0.25, -0.2) is 0 Å². The van der Waals surface area contributed by atoms with Crippen molar-refractivity contribution in [1.29, 1.82) is 0 Å². The van der Waals surface area contributed by atoms with Crippen LogP contribution >= 0.6 is 0 Å². The minimum absolute atomic E-state index is 0.0764. The molecule has 2 rings (SSSR count). The number of fused-ring (bicyclic) bond motifs is 1. The van der Waals surface area contributed by atoms with Gasteiger partial charge >= 0.3 is 0 Å². The van der Waals surface area contributed by atoms with Crippen LogP contribution in [0.25, 0.3) is 10.8 Å². The Morgan fingerprint density at radius 2 is 1.95 bits per heavy atom. The Hall–Kier alpha value is -1.91. The smallest absolute Gasteiger partial charge is 0.242 e. The van der Waals surface area contributed by atoms with Gasteiger partial charge in [-0.1, -0.05) is 36.4 Å². The van der Waals surface area contributed by atoms with Crippen molar-refractivity contribution >= 4 is 16.7 Å². The molecule has 4 heteroatoms. The van der Waals surface area contributed by atoms with Gasteiger partial charge in [-0.3, -0.25) is 4.79 Å². The Bertz CT molecular complexity index is 613. The number of likely N-dealkylation sites (N-methyl/N-ethyl adjacent to an activating group) is 1. The largest absolute Gasteiger partial charge is 0.383 e. The summed E-state index contributed by atoms with van der Waals surface area (Å²) in [6.45, 7) is 3.40. The number of nitrogens with zero attached hydrogens (tertiary/aromatic N) is 1. The van der Waals surface area contributed by atoms with Gasteiger partial charge in [0.2, 0.25) is 5.91 Å². The van der Waals surface area contributed by atoms with Crippen molar-refractivity contribution < 1.29 is 9.53 Å². The predicted molar refractivity (Wildman–Crippen MR) is 84.9 cm³/mol. The van der Waals surface area contributed by atoms with Crippen molar-refractivity contribution in [2.24, 2.45) is 5.73 Å². The van der Waals surface area contributed by atoms with E-state index in [1.165, 1.54) is 10.8 Å². The molecule has 0 spiro atoms. The molecule has 2 N–H and O–H groups in total. The van der Waals surface area contributed by atoms with Crippen molar-refractivity contribution in [1.82, 2.24) is 4.90 Å². The highest BCUT2D eigenvalue weighted by Crippen LogP contribution is 2.17. The van der Waals surface area contributed by atoms with E-state index in [1.54, 1.807) is 12.0 Å². The molecule has 0 fully saturated rings. The normalized spacial score (nSPS) is 12.3. The molecule has 0 saturated carbocycles. The SMILES string of the molecule is CCN(Cc1ccc2ccccc2c1)C(=O)C(N)COC. The van der Waals surface area contributed by atoms with E-state index in [0.29, 0.717) is 13.1 Å². The van der Waals surface area contributed by atoms with Crippen LogP contribution in [-0.4, -0.2) is 37.1 Å². The fourth-order valence-electron chi connectivity index (χ4n) is 2.39. The number of nitrogens with two attached hydrogens (primary N) is 1. The average Bonchev–Trinajstić information content (AvgIpc) is 2.52. The zero-order valence-electron chi connectivity index (χ0n) is 12.6. The first-order valence-electron chi connectivity index (χ1n) is 7.16. The van der Waals surface area contributed by atoms with E-state index >= 15 is 0 Å². The van der Waals surface area contributed by atoms with Crippen LogP contribution < -0.4 is 5.73 Å². The number of hydrogen-bond donors (Lipinski definition) is 1. The Morgan fingerprint density at radius 1 is 1.24 bits per heavy atom. The highest BCUT2D eigenvalue weighted by molar-refractivity contribution is 5.84. The lowest BCUT2D eigenvalue weighted by Gasteiger charge is -2.24. The zero-order valence-corrected chi connectivity index (χ0v) is 12.6. The molecule has 4 nitrogen and oxygen atoms in total. The van der Waals surface area contributed by atoms with Gasteiger partial charge in [0.1, 0.15) is 6.04 Å². The summed E-state index contributed by atoms with van der Waals surface area (Å²) in [5.74, 6) is -0.0764. The molecule has 21 heavy (non-hydrogen) atoms. The summed E-state index contributed by atoms with van der Waals surface area (Å²) in [6, 6.07) is 13.8. The summed E-state index contributed by atoms with van der Waals surface area (Å²) >= 11 is 0. The third kappa shape index (κ3) is 3.80. The van der Waals surface area contributed by atoms with Crippen molar-refractivity contribution in [2.75, 3.05) is 20.3 Å². The maximum Gasteiger partial charge on any atom is 0.242 e. The van der Waals surface area contributed by atoms with Crippen LogP contribution in [0.5, 0.6) is 0 Å². The number of benzene rings is 2. The van der Waals surface area contributed by atoms with Crippen molar-refractivity contribution in [2.45, 2.75) is 19.5 Å². The van der Waals surface area contributed by atoms with Crippen molar-refractivity contribution in [3.05, 3.63) is 48.0 Å². The molecule has 112 valence electrons. The number of hydrogen-bond acceptors (Lipinski definition) is 3. The standard InChI is InChI=1S/C17H22N2O2/c1-3-19(17(20)16(18)12-21-2)11-13-8-9-14-6-4-5-7-15(14)10-13/h4-10,16H,3,11-12,18H2,1-2H3. The van der Waals surface area contributed by atoms with Crippen LogP contribution in [0.1, 0.15) is 12.5 Å². The van der Waals surface area contributed by atoms with Crippen molar-refractivity contribution in [3.8, 4) is 0 Å². The van der Waals surface area contributed by atoms with Crippen molar-refractivity contribution in [3.63, 3.8) is 0 Å². The summed E-state index contributed by atoms with van der Waals surface area (Å²) in [5, 5.41) is 2.38. The summed E-state index contributed by atoms with van der Waals surface area (Å²) < 4.78 is 4.95. The molecule has 0 aliphatic heterocycles. The van der Waals surface area contributed by atoms with Crippen LogP contribution in [0.2, 0.25) is 0 Å². The molecule has 0 saturated heterocycles. The second kappa shape index (κ2) is 7.20. The maximum atomic E-state index is 12.3. The molecule has 0 heterocycles. The van der Waals surface area contributed by atoms with Crippen LogP contribution in [0, 0.1) is 0 Å². The summed E-state index contributed by atoms with van der Waals surface area (Å²) in [5.41, 5.74) is 6.94. The Morgan fingerprint density at radius 3 is 2.62 bits per heavy atom. The molecule has 0 bridgehead atoms. The van der Waals surface area contributed by atoms with Gasteiger partial charge in [0.25, 0.3) is 0 Å². The number of ether oxygens (including phenoxy) is 1. The summed E-state index contributed by atoms with van der Waals surface area (Å²) in [7, 11) is 1.55. The van der Waals surface area contributed by atoms with Crippen LogP contribution in [0.4, 0.5) is 0 Å². The van der Waals surface area contributed by atoms with Gasteiger partial charge in [0.05, 0.1) is 6.61 Å². The minimum atomic E-state index is -0.601. The number of amides is 1. The molecule has 1 amide bonds. The number of methoxy groups -OCH3 is 1. The van der Waals surface area contributed by atoms with E-state index in [-0.39, 0.29) is 12.5 Å². The highest BCUT2D eigenvalue weighted by Gasteiger charge is 2.19. The van der Waals surface area contributed by atoms with E-state index in [0.717, 1.165) is 5.56 Å². The lowest BCUT2D eigenvalue weighted by molar-refractivity contribution is -0.134. The molecule has 0 radical (unpaired) electrons. The quantitative estimate of drug-likeness (QED) is 0.885. The first-order valence-corrected chi connectivity index (χ1v) is 7.16. The molecule has 0 aliphatic rings.